The Morgan fingerprint density at radius 3 is 2.24 bits per heavy atom. The topological polar surface area (TPSA) is 35.5 Å². The van der Waals surface area contributed by atoms with Crippen molar-refractivity contribution >= 4 is 0 Å². The van der Waals surface area contributed by atoms with Crippen LogP contribution in [0.3, 0.4) is 0 Å². The van der Waals surface area contributed by atoms with Crippen molar-refractivity contribution in [1.29, 1.82) is 0 Å². The van der Waals surface area contributed by atoms with Crippen LogP contribution in [0, 0.1) is 0 Å². The Kier molecular flexibility index (Phi) is 8.83. The molecular formula is C14H32N2O. The largest absolute Gasteiger partial charge is 0.394 e. The monoisotopic (exact) mass is 244 g/mol. The standard InChI is InChI=1S/C14H32N2O/c1-6-13(7-2)16(5)11-9-8-10-14(3,12-17)15-4/h13,15,17H,6-12H2,1-5H3. The summed E-state index contributed by atoms with van der Waals surface area (Å²) in [7, 11) is 4.15. The predicted molar refractivity (Wildman–Crippen MR) is 75.4 cm³/mol. The Bertz CT molecular complexity index is 177. The summed E-state index contributed by atoms with van der Waals surface area (Å²) < 4.78 is 0. The van der Waals surface area contributed by atoms with Crippen molar-refractivity contribution in [3.63, 3.8) is 0 Å². The minimum Gasteiger partial charge on any atom is -0.394 e. The van der Waals surface area contributed by atoms with Gasteiger partial charge in [0.25, 0.3) is 0 Å². The van der Waals surface area contributed by atoms with Crippen molar-refractivity contribution in [2.75, 3.05) is 27.2 Å². The summed E-state index contributed by atoms with van der Waals surface area (Å²) in [6.07, 6.45) is 5.89. The molecule has 0 fully saturated rings. The van der Waals surface area contributed by atoms with Gasteiger partial charge in [0.15, 0.2) is 0 Å². The van der Waals surface area contributed by atoms with E-state index in [1.54, 1.807) is 0 Å². The van der Waals surface area contributed by atoms with Crippen LogP contribution in [-0.2, 0) is 0 Å². The van der Waals surface area contributed by atoms with Gasteiger partial charge < -0.3 is 15.3 Å². The van der Waals surface area contributed by atoms with Crippen LogP contribution in [-0.4, -0.2) is 48.8 Å². The van der Waals surface area contributed by atoms with Gasteiger partial charge in [-0.05, 0) is 53.2 Å². The summed E-state index contributed by atoms with van der Waals surface area (Å²) in [6, 6.07) is 0.725. The van der Waals surface area contributed by atoms with Crippen LogP contribution in [0.25, 0.3) is 0 Å². The second-order valence-electron chi connectivity index (χ2n) is 5.38. The molecule has 3 heteroatoms. The highest BCUT2D eigenvalue weighted by Gasteiger charge is 2.19. The molecule has 1 unspecified atom stereocenters. The SMILES string of the molecule is CCC(CC)N(C)CCCCC(C)(CO)NC. The number of aliphatic hydroxyl groups is 1. The van der Waals surface area contributed by atoms with Crippen LogP contribution < -0.4 is 5.32 Å². The van der Waals surface area contributed by atoms with Crippen molar-refractivity contribution < 1.29 is 5.11 Å². The van der Waals surface area contributed by atoms with Gasteiger partial charge in [-0.15, -0.1) is 0 Å². The molecule has 1 atom stereocenters. The molecule has 0 aromatic rings. The van der Waals surface area contributed by atoms with E-state index in [9.17, 15) is 5.11 Å². The molecule has 0 bridgehead atoms. The maximum Gasteiger partial charge on any atom is 0.0610 e. The fraction of sp³-hybridized carbons (Fsp3) is 1.00. The fourth-order valence-electron chi connectivity index (χ4n) is 2.25. The molecule has 0 radical (unpaired) electrons. The Hall–Kier alpha value is -0.120. The van der Waals surface area contributed by atoms with E-state index in [4.69, 9.17) is 0 Å². The van der Waals surface area contributed by atoms with Gasteiger partial charge in [-0.25, -0.2) is 0 Å². The first-order chi connectivity index (χ1) is 8.02. The fourth-order valence-corrected chi connectivity index (χ4v) is 2.25. The van der Waals surface area contributed by atoms with Crippen molar-refractivity contribution in [3.05, 3.63) is 0 Å². The van der Waals surface area contributed by atoms with E-state index in [-0.39, 0.29) is 12.1 Å². The van der Waals surface area contributed by atoms with Gasteiger partial charge in [-0.3, -0.25) is 0 Å². The normalized spacial score (nSPS) is 15.5. The summed E-state index contributed by atoms with van der Waals surface area (Å²) in [5.74, 6) is 0. The third kappa shape index (κ3) is 6.39. The Morgan fingerprint density at radius 1 is 1.24 bits per heavy atom. The van der Waals surface area contributed by atoms with Crippen molar-refractivity contribution in [2.24, 2.45) is 0 Å². The van der Waals surface area contributed by atoms with Crippen molar-refractivity contribution in [1.82, 2.24) is 10.2 Å². The number of hydrogen-bond acceptors (Lipinski definition) is 3. The lowest BCUT2D eigenvalue weighted by atomic mass is 9.96. The maximum absolute atomic E-state index is 9.29. The van der Waals surface area contributed by atoms with Gasteiger partial charge in [0.1, 0.15) is 0 Å². The van der Waals surface area contributed by atoms with Crippen molar-refractivity contribution in [2.45, 2.75) is 64.5 Å². The van der Waals surface area contributed by atoms with Crippen LogP contribution in [0.4, 0.5) is 0 Å². The van der Waals surface area contributed by atoms with Gasteiger partial charge in [-0.1, -0.05) is 20.3 Å². The number of likely N-dealkylation sites (N-methyl/N-ethyl adjacent to an activating group) is 1. The predicted octanol–water partition coefficient (Wildman–Crippen LogP) is 2.25. The van der Waals surface area contributed by atoms with E-state index >= 15 is 0 Å². The molecule has 0 heterocycles. The summed E-state index contributed by atoms with van der Waals surface area (Å²) in [4.78, 5) is 2.47. The number of rotatable bonds is 10. The Labute approximate surface area is 108 Å². The number of nitrogens with zero attached hydrogens (tertiary/aromatic N) is 1. The molecule has 0 saturated heterocycles. The summed E-state index contributed by atoms with van der Waals surface area (Å²) in [6.45, 7) is 7.98. The lowest BCUT2D eigenvalue weighted by molar-refractivity contribution is 0.166. The van der Waals surface area contributed by atoms with E-state index in [2.05, 4.69) is 38.0 Å². The molecule has 0 amide bonds. The summed E-state index contributed by atoms with van der Waals surface area (Å²) in [5.41, 5.74) is -0.104. The van der Waals surface area contributed by atoms with Gasteiger partial charge in [0.05, 0.1) is 6.61 Å². The average molecular weight is 244 g/mol. The van der Waals surface area contributed by atoms with Gasteiger partial charge >= 0.3 is 0 Å². The zero-order chi connectivity index (χ0) is 13.3. The molecule has 3 nitrogen and oxygen atoms in total. The molecule has 0 aliphatic carbocycles. The average Bonchev–Trinajstić information content (AvgIpc) is 2.36. The van der Waals surface area contributed by atoms with E-state index in [0.717, 1.165) is 19.0 Å². The Balaban J connectivity index is 3.77. The quantitative estimate of drug-likeness (QED) is 0.579. The van der Waals surface area contributed by atoms with Crippen LogP contribution in [0.1, 0.15) is 52.9 Å². The molecule has 0 aromatic heterocycles. The molecule has 0 aliphatic heterocycles. The highest BCUT2D eigenvalue weighted by atomic mass is 16.3. The second-order valence-corrected chi connectivity index (χ2v) is 5.38. The van der Waals surface area contributed by atoms with E-state index in [1.165, 1.54) is 25.7 Å². The number of unbranched alkanes of at least 4 members (excludes halogenated alkanes) is 1. The molecule has 2 N–H and O–H groups in total. The van der Waals surface area contributed by atoms with E-state index < -0.39 is 0 Å². The van der Waals surface area contributed by atoms with Gasteiger partial charge in [-0.2, -0.15) is 0 Å². The second kappa shape index (κ2) is 8.90. The first kappa shape index (κ1) is 16.9. The third-order valence-corrected chi connectivity index (χ3v) is 4.01. The minimum atomic E-state index is -0.104. The zero-order valence-corrected chi connectivity index (χ0v) is 12.4. The lowest BCUT2D eigenvalue weighted by Crippen LogP contribution is -2.43. The van der Waals surface area contributed by atoms with E-state index in [1.807, 2.05) is 7.05 Å². The number of nitrogens with one attached hydrogen (secondary N) is 1. The van der Waals surface area contributed by atoms with Crippen LogP contribution in [0.5, 0.6) is 0 Å². The van der Waals surface area contributed by atoms with Gasteiger partial charge in [0.2, 0.25) is 0 Å². The molecule has 17 heavy (non-hydrogen) atoms. The molecule has 0 aromatic carbocycles. The first-order valence-corrected chi connectivity index (χ1v) is 7.03. The molecule has 0 saturated carbocycles. The maximum atomic E-state index is 9.29. The molecule has 0 rings (SSSR count). The smallest absolute Gasteiger partial charge is 0.0610 e. The van der Waals surface area contributed by atoms with Crippen LogP contribution in [0.2, 0.25) is 0 Å². The lowest BCUT2D eigenvalue weighted by Gasteiger charge is -2.28. The summed E-state index contributed by atoms with van der Waals surface area (Å²) in [5, 5.41) is 12.5. The number of hydrogen-bond donors (Lipinski definition) is 2. The van der Waals surface area contributed by atoms with Crippen LogP contribution >= 0.6 is 0 Å². The highest BCUT2D eigenvalue weighted by Crippen LogP contribution is 2.14. The molecular weight excluding hydrogens is 212 g/mol. The highest BCUT2D eigenvalue weighted by molar-refractivity contribution is 4.80. The Morgan fingerprint density at radius 2 is 1.82 bits per heavy atom. The van der Waals surface area contributed by atoms with E-state index in [0.29, 0.717) is 0 Å². The molecule has 0 spiro atoms. The molecule has 0 aliphatic rings. The molecule has 104 valence electrons. The van der Waals surface area contributed by atoms with Crippen molar-refractivity contribution in [3.8, 4) is 0 Å². The third-order valence-electron chi connectivity index (χ3n) is 4.01. The zero-order valence-electron chi connectivity index (χ0n) is 12.4. The van der Waals surface area contributed by atoms with Crippen LogP contribution in [0.15, 0.2) is 0 Å². The summed E-state index contributed by atoms with van der Waals surface area (Å²) >= 11 is 0. The van der Waals surface area contributed by atoms with Gasteiger partial charge in [0, 0.05) is 11.6 Å². The minimum absolute atomic E-state index is 0.104. The number of aliphatic hydroxyl groups excluding tert-OH is 1. The first-order valence-electron chi connectivity index (χ1n) is 7.03.